The number of halogens is 3. The average Bonchev–Trinajstić information content (AvgIpc) is 3.17. The van der Waals surface area contributed by atoms with Gasteiger partial charge in [0.2, 0.25) is 5.55 Å². The molecule has 29 heavy (non-hydrogen) atoms. The lowest BCUT2D eigenvalue weighted by Gasteiger charge is -2.33. The number of fused-ring (bicyclic) bond motifs is 1. The Kier molecular flexibility index (Phi) is 4.57. The molecule has 9 heteroatoms. The first-order chi connectivity index (χ1) is 13.9. The van der Waals surface area contributed by atoms with Crippen molar-refractivity contribution in [3.63, 3.8) is 0 Å². The maximum absolute atomic E-state index is 12.4. The molecule has 1 atom stereocenters. The molecule has 0 saturated heterocycles. The molecule has 1 aromatic heterocycles. The number of anilines is 1. The number of furan rings is 1. The van der Waals surface area contributed by atoms with Gasteiger partial charge in [0.25, 0.3) is 0 Å². The highest BCUT2D eigenvalue weighted by Crippen LogP contribution is 2.34. The van der Waals surface area contributed by atoms with Crippen LogP contribution in [0.1, 0.15) is 11.7 Å². The number of methoxy groups -OCH3 is 1. The second-order valence-corrected chi connectivity index (χ2v) is 6.21. The number of hydrogen-bond donors (Lipinski definition) is 1. The molecule has 150 valence electrons. The molecule has 1 aliphatic rings. The van der Waals surface area contributed by atoms with Crippen molar-refractivity contribution in [2.24, 2.45) is 10.7 Å². The van der Waals surface area contributed by atoms with Gasteiger partial charge in [0.1, 0.15) is 17.3 Å². The maximum Gasteiger partial charge on any atom is 0.573 e. The Balaban J connectivity index is 1.77. The minimum absolute atomic E-state index is 0.316. The summed E-state index contributed by atoms with van der Waals surface area (Å²) in [5.74, 6) is 0.772. The Morgan fingerprint density at radius 3 is 2.28 bits per heavy atom. The van der Waals surface area contributed by atoms with E-state index in [9.17, 15) is 13.2 Å². The van der Waals surface area contributed by atoms with Crippen molar-refractivity contribution in [3.05, 3.63) is 77.2 Å². The summed E-state index contributed by atoms with van der Waals surface area (Å²) in [4.78, 5) is 6.37. The summed E-state index contributed by atoms with van der Waals surface area (Å²) in [7, 11) is 1.57. The summed E-state index contributed by atoms with van der Waals surface area (Å²) < 4.78 is 51.8. The number of nitrogens with zero attached hydrogens (tertiary/aromatic N) is 2. The van der Waals surface area contributed by atoms with Crippen LogP contribution in [0.2, 0.25) is 0 Å². The molecule has 2 aromatic carbocycles. The zero-order chi connectivity index (χ0) is 20.6. The first-order valence-electron chi connectivity index (χ1n) is 8.56. The Bertz CT molecular complexity index is 1120. The minimum atomic E-state index is -4.76. The van der Waals surface area contributed by atoms with Gasteiger partial charge in [-0.3, -0.25) is 0 Å². The molecule has 1 unspecified atom stereocenters. The van der Waals surface area contributed by atoms with Gasteiger partial charge in [-0.15, -0.1) is 13.2 Å². The molecule has 3 aromatic rings. The van der Waals surface area contributed by atoms with Crippen LogP contribution in [-0.2, 0) is 0 Å². The third-order valence-electron chi connectivity index (χ3n) is 4.43. The zero-order valence-electron chi connectivity index (χ0n) is 15.2. The highest BCUT2D eigenvalue weighted by molar-refractivity contribution is 5.69. The van der Waals surface area contributed by atoms with Gasteiger partial charge in [0, 0.05) is 5.69 Å². The van der Waals surface area contributed by atoms with Gasteiger partial charge in [0.15, 0.2) is 6.17 Å². The highest BCUT2D eigenvalue weighted by Gasteiger charge is 2.31. The van der Waals surface area contributed by atoms with Crippen LogP contribution in [0.25, 0.3) is 5.82 Å². The molecular weight excluding hydrogens is 387 g/mol. The molecule has 4 rings (SSSR count). The lowest BCUT2D eigenvalue weighted by molar-refractivity contribution is -0.274. The summed E-state index contributed by atoms with van der Waals surface area (Å²) in [6.07, 6.45) is -3.91. The molecule has 0 bridgehead atoms. The number of hydrogen-bond acceptors (Lipinski definition) is 6. The predicted molar refractivity (Wildman–Crippen MR) is 98.4 cm³/mol. The Labute approximate surface area is 163 Å². The first kappa shape index (κ1) is 18.7. The monoisotopic (exact) mass is 403 g/mol. The van der Waals surface area contributed by atoms with Gasteiger partial charge < -0.3 is 24.5 Å². The quantitative estimate of drug-likeness (QED) is 0.725. The van der Waals surface area contributed by atoms with E-state index >= 15 is 0 Å². The van der Waals surface area contributed by atoms with Crippen LogP contribution in [0.5, 0.6) is 11.5 Å². The average molecular weight is 403 g/mol. The summed E-state index contributed by atoms with van der Waals surface area (Å²) in [5.41, 5.74) is 8.10. The summed E-state index contributed by atoms with van der Waals surface area (Å²) in [5, 5.41) is 0.633. The molecule has 0 saturated carbocycles. The lowest BCUT2D eigenvalue weighted by atomic mass is 10.1. The lowest BCUT2D eigenvalue weighted by Crippen LogP contribution is -2.43. The van der Waals surface area contributed by atoms with E-state index in [-0.39, 0.29) is 5.75 Å². The zero-order valence-corrected chi connectivity index (χ0v) is 15.2. The Morgan fingerprint density at radius 2 is 1.66 bits per heavy atom. The summed E-state index contributed by atoms with van der Waals surface area (Å²) >= 11 is 0. The number of ether oxygens (including phenoxy) is 2. The van der Waals surface area contributed by atoms with E-state index in [0.29, 0.717) is 27.9 Å². The standard InChI is InChI=1S/C20H16F3N3O3/c1-27-14-8-4-13(5-9-14)26-17(24)16-10-11-28-19(16)25-18(26)12-2-6-15(7-3-12)29-20(21,22)23/h2-11,18H,24H2,1H3. The van der Waals surface area contributed by atoms with Crippen molar-refractivity contribution >= 4 is 11.5 Å². The second kappa shape index (κ2) is 7.08. The van der Waals surface area contributed by atoms with Gasteiger partial charge in [-0.25, -0.2) is 4.99 Å². The predicted octanol–water partition coefficient (Wildman–Crippen LogP) is 3.05. The fourth-order valence-corrected chi connectivity index (χ4v) is 3.11. The smallest absolute Gasteiger partial charge is 0.497 e. The number of benzene rings is 2. The van der Waals surface area contributed by atoms with Crippen molar-refractivity contribution in [1.29, 1.82) is 0 Å². The maximum atomic E-state index is 12.4. The Hall–Kier alpha value is -3.62. The van der Waals surface area contributed by atoms with E-state index < -0.39 is 12.5 Å². The van der Waals surface area contributed by atoms with E-state index in [1.807, 2.05) is 12.1 Å². The van der Waals surface area contributed by atoms with Gasteiger partial charge in [0.05, 0.1) is 18.6 Å². The molecule has 0 spiro atoms. The molecule has 0 amide bonds. The second-order valence-electron chi connectivity index (χ2n) is 6.21. The van der Waals surface area contributed by atoms with Crippen LogP contribution in [0.3, 0.4) is 0 Å². The van der Waals surface area contributed by atoms with Crippen molar-refractivity contribution in [2.45, 2.75) is 12.5 Å². The highest BCUT2D eigenvalue weighted by atomic mass is 19.4. The van der Waals surface area contributed by atoms with Gasteiger partial charge in [-0.05, 0) is 48.0 Å². The molecule has 0 aliphatic carbocycles. The first-order valence-corrected chi connectivity index (χ1v) is 8.56. The largest absolute Gasteiger partial charge is 0.573 e. The number of nitrogens with two attached hydrogens (primary N) is 1. The third kappa shape index (κ3) is 3.71. The molecular formula is C20H16F3N3O3. The number of alkyl halides is 3. The minimum Gasteiger partial charge on any atom is -0.497 e. The van der Waals surface area contributed by atoms with Gasteiger partial charge in [-0.2, -0.15) is 0 Å². The van der Waals surface area contributed by atoms with Crippen molar-refractivity contribution in [2.75, 3.05) is 12.0 Å². The van der Waals surface area contributed by atoms with Crippen LogP contribution in [0.15, 0.2) is 70.3 Å². The molecule has 1 aliphatic heterocycles. The van der Waals surface area contributed by atoms with Crippen LogP contribution >= 0.6 is 0 Å². The van der Waals surface area contributed by atoms with E-state index in [0.717, 1.165) is 5.69 Å². The SMILES string of the molecule is COc1ccc(N2C(N)=c3ccoc3=NC2c2ccc(OC(F)(F)F)cc2)cc1. The third-order valence-corrected chi connectivity index (χ3v) is 4.43. The van der Waals surface area contributed by atoms with E-state index in [2.05, 4.69) is 9.73 Å². The van der Waals surface area contributed by atoms with Crippen LogP contribution in [-0.4, -0.2) is 13.5 Å². The normalized spacial score (nSPS) is 16.2. The van der Waals surface area contributed by atoms with Crippen LogP contribution in [0.4, 0.5) is 18.9 Å². The fraction of sp³-hybridized carbons (Fsp3) is 0.150. The van der Waals surface area contributed by atoms with Crippen molar-refractivity contribution < 1.29 is 27.1 Å². The van der Waals surface area contributed by atoms with Crippen LogP contribution in [0, 0.1) is 0 Å². The Morgan fingerprint density at radius 1 is 1.00 bits per heavy atom. The summed E-state index contributed by atoms with van der Waals surface area (Å²) in [6, 6.07) is 14.4. The molecule has 0 radical (unpaired) electrons. The van der Waals surface area contributed by atoms with Crippen molar-refractivity contribution in [3.8, 4) is 11.5 Å². The summed E-state index contributed by atoms with van der Waals surface area (Å²) in [6.45, 7) is 0. The van der Waals surface area contributed by atoms with Crippen LogP contribution < -0.4 is 30.9 Å². The molecule has 0 fully saturated rings. The number of rotatable bonds is 4. The van der Waals surface area contributed by atoms with E-state index in [1.54, 1.807) is 30.2 Å². The fourth-order valence-electron chi connectivity index (χ4n) is 3.11. The van der Waals surface area contributed by atoms with E-state index in [1.165, 1.54) is 30.5 Å². The van der Waals surface area contributed by atoms with Gasteiger partial charge in [-0.1, -0.05) is 12.1 Å². The molecule has 2 N–H and O–H groups in total. The topological polar surface area (TPSA) is 73.2 Å². The molecule has 2 heterocycles. The van der Waals surface area contributed by atoms with Gasteiger partial charge >= 0.3 is 6.36 Å². The van der Waals surface area contributed by atoms with E-state index in [4.69, 9.17) is 14.9 Å². The molecule has 6 nitrogen and oxygen atoms in total. The van der Waals surface area contributed by atoms with Crippen molar-refractivity contribution in [1.82, 2.24) is 0 Å².